The van der Waals surface area contributed by atoms with Gasteiger partial charge < -0.3 is 15.6 Å². The first-order valence-corrected chi connectivity index (χ1v) is 6.17. The highest BCUT2D eigenvalue weighted by Crippen LogP contribution is 2.18. The van der Waals surface area contributed by atoms with E-state index in [-0.39, 0.29) is 6.42 Å². The van der Waals surface area contributed by atoms with Crippen molar-refractivity contribution in [3.8, 4) is 0 Å². The maximum absolute atomic E-state index is 10.6. The van der Waals surface area contributed by atoms with Gasteiger partial charge in [0.05, 0.1) is 17.3 Å². The first-order valence-electron chi connectivity index (χ1n) is 6.17. The normalized spacial score (nSPS) is 12.4. The van der Waals surface area contributed by atoms with E-state index in [4.69, 9.17) is 5.73 Å². The van der Waals surface area contributed by atoms with Gasteiger partial charge in [-0.3, -0.25) is 0 Å². The number of benzene rings is 2. The Hall–Kier alpha value is -2.53. The molecule has 5 heteroatoms. The summed E-state index contributed by atoms with van der Waals surface area (Å²) in [6.07, 6.45) is 0.235. The lowest BCUT2D eigenvalue weighted by Gasteiger charge is -2.12. The number of nitrogens with two attached hydrogens (primary N) is 1. The quantitative estimate of drug-likeness (QED) is 0.837. The van der Waals surface area contributed by atoms with Crippen LogP contribution in [0.15, 0.2) is 64.8 Å². The van der Waals surface area contributed by atoms with Gasteiger partial charge >= 0.3 is 0 Å². The number of rotatable bonds is 5. The van der Waals surface area contributed by atoms with E-state index >= 15 is 0 Å². The molecule has 1 atom stereocenters. The highest BCUT2D eigenvalue weighted by atomic mass is 16.4. The van der Waals surface area contributed by atoms with Gasteiger partial charge in [-0.2, -0.15) is 10.2 Å². The highest BCUT2D eigenvalue weighted by molar-refractivity contribution is 5.71. The molecular weight excluding hydrogens is 254 g/mol. The molecule has 0 saturated carbocycles. The number of carboxylic acids is 1. The van der Waals surface area contributed by atoms with Gasteiger partial charge in [-0.15, -0.1) is 0 Å². The summed E-state index contributed by atoms with van der Waals surface area (Å²) in [6.45, 7) is 0. The Labute approximate surface area is 116 Å². The molecule has 2 N–H and O–H groups in total. The second-order valence-corrected chi connectivity index (χ2v) is 4.33. The van der Waals surface area contributed by atoms with Crippen molar-refractivity contribution in [2.75, 3.05) is 0 Å². The molecule has 0 radical (unpaired) electrons. The van der Waals surface area contributed by atoms with Crippen LogP contribution in [0.2, 0.25) is 0 Å². The third-order valence-electron chi connectivity index (χ3n) is 2.73. The Morgan fingerprint density at radius 3 is 2.10 bits per heavy atom. The molecule has 0 spiro atoms. The average molecular weight is 268 g/mol. The lowest BCUT2D eigenvalue weighted by Crippen LogP contribution is -2.43. The fraction of sp³-hybridized carbons (Fsp3) is 0.133. The van der Waals surface area contributed by atoms with Crippen molar-refractivity contribution in [3.63, 3.8) is 0 Å². The van der Waals surface area contributed by atoms with Gasteiger partial charge in [0.25, 0.3) is 0 Å². The van der Waals surface area contributed by atoms with E-state index < -0.39 is 12.0 Å². The molecule has 102 valence electrons. The molecule has 20 heavy (non-hydrogen) atoms. The van der Waals surface area contributed by atoms with Gasteiger partial charge in [-0.05, 0) is 36.2 Å². The zero-order valence-electron chi connectivity index (χ0n) is 10.8. The number of carboxylic acid groups (broad SMARTS) is 1. The first kappa shape index (κ1) is 13.9. The minimum atomic E-state index is -1.25. The molecule has 2 rings (SSSR count). The standard InChI is InChI=1S/C15H15N3O2/c16-14(15(19)20)10-11-6-8-13(9-7-11)18-17-12-4-2-1-3-5-12/h1-9,14H,10,16H2,(H,19,20)/p-1/t14-/m0/s1. The summed E-state index contributed by atoms with van der Waals surface area (Å²) >= 11 is 0. The number of nitrogens with zero attached hydrogens (tertiary/aromatic N) is 2. The molecule has 5 nitrogen and oxygen atoms in total. The molecule has 2 aromatic carbocycles. The maximum atomic E-state index is 10.6. The molecule has 0 fully saturated rings. The van der Waals surface area contributed by atoms with Crippen LogP contribution in [0.5, 0.6) is 0 Å². The molecule has 0 heterocycles. The molecule has 0 aliphatic heterocycles. The Morgan fingerprint density at radius 1 is 1.00 bits per heavy atom. The smallest absolute Gasteiger partial charge is 0.0857 e. The summed E-state index contributed by atoms with van der Waals surface area (Å²) in [4.78, 5) is 10.6. The van der Waals surface area contributed by atoms with Gasteiger partial charge in [0, 0.05) is 6.04 Å². The molecule has 2 aromatic rings. The van der Waals surface area contributed by atoms with Crippen LogP contribution >= 0.6 is 0 Å². The van der Waals surface area contributed by atoms with Crippen LogP contribution in [0.25, 0.3) is 0 Å². The van der Waals surface area contributed by atoms with Crippen molar-refractivity contribution >= 4 is 17.3 Å². The lowest BCUT2D eigenvalue weighted by atomic mass is 10.1. The summed E-state index contributed by atoms with van der Waals surface area (Å²) in [5.41, 5.74) is 7.70. The van der Waals surface area contributed by atoms with Crippen LogP contribution in [0, 0.1) is 0 Å². The minimum Gasteiger partial charge on any atom is -0.548 e. The largest absolute Gasteiger partial charge is 0.548 e. The molecule has 0 amide bonds. The molecule has 0 bridgehead atoms. The molecule has 0 aromatic heterocycles. The number of hydrogen-bond acceptors (Lipinski definition) is 5. The van der Waals surface area contributed by atoms with Gasteiger partial charge in [0.15, 0.2) is 0 Å². The van der Waals surface area contributed by atoms with Gasteiger partial charge in [0.2, 0.25) is 0 Å². The van der Waals surface area contributed by atoms with E-state index in [0.29, 0.717) is 5.69 Å². The van der Waals surface area contributed by atoms with Crippen LogP contribution in [-0.4, -0.2) is 12.0 Å². The van der Waals surface area contributed by atoms with Crippen molar-refractivity contribution in [2.24, 2.45) is 16.0 Å². The van der Waals surface area contributed by atoms with Crippen molar-refractivity contribution in [3.05, 3.63) is 60.2 Å². The SMILES string of the molecule is N[C@@H](Cc1ccc(N=Nc2ccccc2)cc1)C(=O)[O-]. The predicted molar refractivity (Wildman–Crippen MR) is 73.7 cm³/mol. The molecular formula is C15H14N3O2-. The molecule has 0 unspecified atom stereocenters. The van der Waals surface area contributed by atoms with E-state index in [0.717, 1.165) is 11.3 Å². The van der Waals surface area contributed by atoms with Gasteiger partial charge in [-0.25, -0.2) is 0 Å². The van der Waals surface area contributed by atoms with E-state index in [1.807, 2.05) is 30.3 Å². The summed E-state index contributed by atoms with van der Waals surface area (Å²) < 4.78 is 0. The number of azo groups is 1. The van der Waals surface area contributed by atoms with Gasteiger partial charge in [0.1, 0.15) is 0 Å². The molecule has 0 aliphatic rings. The second-order valence-electron chi connectivity index (χ2n) is 4.33. The summed E-state index contributed by atoms with van der Waals surface area (Å²) in [5, 5.41) is 18.7. The van der Waals surface area contributed by atoms with Gasteiger partial charge in [-0.1, -0.05) is 30.3 Å². The van der Waals surface area contributed by atoms with Crippen LogP contribution < -0.4 is 10.8 Å². The Balaban J connectivity index is 2.02. The zero-order chi connectivity index (χ0) is 14.4. The van der Waals surface area contributed by atoms with Crippen LogP contribution in [-0.2, 0) is 11.2 Å². The first-order chi connectivity index (χ1) is 9.65. The monoisotopic (exact) mass is 268 g/mol. The number of aliphatic carboxylic acids is 1. The van der Waals surface area contributed by atoms with Crippen molar-refractivity contribution < 1.29 is 9.90 Å². The average Bonchev–Trinajstić information content (AvgIpc) is 2.47. The third kappa shape index (κ3) is 4.00. The van der Waals surface area contributed by atoms with Crippen molar-refractivity contribution in [1.82, 2.24) is 0 Å². The molecule has 0 aliphatic carbocycles. The predicted octanol–water partition coefficient (Wildman–Crippen LogP) is 1.72. The van der Waals surface area contributed by atoms with E-state index in [9.17, 15) is 9.90 Å². The minimum absolute atomic E-state index is 0.235. The van der Waals surface area contributed by atoms with Crippen LogP contribution in [0.3, 0.4) is 0 Å². The topological polar surface area (TPSA) is 90.9 Å². The Kier molecular flexibility index (Phi) is 4.57. The summed E-state index contributed by atoms with van der Waals surface area (Å²) in [5.74, 6) is -1.25. The highest BCUT2D eigenvalue weighted by Gasteiger charge is 2.04. The van der Waals surface area contributed by atoms with E-state index in [1.165, 1.54) is 0 Å². The number of hydrogen-bond donors (Lipinski definition) is 1. The number of carbonyl (C=O) groups is 1. The number of carbonyl (C=O) groups excluding carboxylic acids is 1. The van der Waals surface area contributed by atoms with Crippen molar-refractivity contribution in [2.45, 2.75) is 12.5 Å². The van der Waals surface area contributed by atoms with Crippen LogP contribution in [0.4, 0.5) is 11.4 Å². The third-order valence-corrected chi connectivity index (χ3v) is 2.73. The van der Waals surface area contributed by atoms with Crippen molar-refractivity contribution in [1.29, 1.82) is 0 Å². The lowest BCUT2D eigenvalue weighted by molar-refractivity contribution is -0.307. The molecule has 0 saturated heterocycles. The Bertz CT molecular complexity index is 594. The fourth-order valence-corrected chi connectivity index (χ4v) is 1.65. The summed E-state index contributed by atoms with van der Waals surface area (Å²) in [7, 11) is 0. The fourth-order valence-electron chi connectivity index (χ4n) is 1.65. The Morgan fingerprint density at radius 2 is 1.55 bits per heavy atom. The summed E-state index contributed by atoms with van der Waals surface area (Å²) in [6, 6.07) is 15.5. The van der Waals surface area contributed by atoms with Crippen LogP contribution in [0.1, 0.15) is 5.56 Å². The maximum Gasteiger partial charge on any atom is 0.0857 e. The van der Waals surface area contributed by atoms with E-state index in [1.54, 1.807) is 24.3 Å². The second kappa shape index (κ2) is 6.58. The zero-order valence-corrected chi connectivity index (χ0v) is 10.8. The van der Waals surface area contributed by atoms with E-state index in [2.05, 4.69) is 10.2 Å².